The summed E-state index contributed by atoms with van der Waals surface area (Å²) in [5.41, 5.74) is 4.43. The third-order valence-corrected chi connectivity index (χ3v) is 4.85. The molecular weight excluding hydrogens is 404 g/mol. The Balaban J connectivity index is 0.00000180. The van der Waals surface area contributed by atoms with Gasteiger partial charge in [-0.05, 0) is 25.0 Å². The van der Waals surface area contributed by atoms with E-state index in [1.54, 1.807) is 4.68 Å². The third kappa shape index (κ3) is 2.86. The smallest absolute Gasteiger partial charge is 0.283 e. The molecule has 2 aromatic carbocycles. The minimum Gasteiger partial charge on any atom is -1.00 e. The van der Waals surface area contributed by atoms with E-state index < -0.39 is 0 Å². The van der Waals surface area contributed by atoms with Gasteiger partial charge in [-0.3, -0.25) is 4.79 Å². The van der Waals surface area contributed by atoms with E-state index in [9.17, 15) is 4.79 Å². The summed E-state index contributed by atoms with van der Waals surface area (Å²) in [6, 6.07) is 19.8. The summed E-state index contributed by atoms with van der Waals surface area (Å²) in [6.45, 7) is 0.906. The molecule has 0 aliphatic carbocycles. The topological polar surface area (TPSA) is 51.3 Å². The zero-order chi connectivity index (χ0) is 17.5. The molecule has 5 nitrogen and oxygen atoms in total. The van der Waals surface area contributed by atoms with E-state index in [0.29, 0.717) is 10.9 Å². The predicted octanol–water partition coefficient (Wildman–Crippen LogP) is -0.633. The second-order valence-corrected chi connectivity index (χ2v) is 6.50. The van der Waals surface area contributed by atoms with Crippen LogP contribution < -0.4 is 33.1 Å². The molecular formula is C21H18BrN4O-. The highest BCUT2D eigenvalue weighted by molar-refractivity contribution is 5.65. The molecule has 0 atom stereocenters. The van der Waals surface area contributed by atoms with E-state index in [-0.39, 0.29) is 22.5 Å². The molecule has 6 heteroatoms. The Morgan fingerprint density at radius 3 is 2.33 bits per heavy atom. The summed E-state index contributed by atoms with van der Waals surface area (Å²) in [6.07, 6.45) is 3.87. The van der Waals surface area contributed by atoms with Gasteiger partial charge >= 0.3 is 0 Å². The lowest BCUT2D eigenvalue weighted by Crippen LogP contribution is -3.00. The molecule has 0 bridgehead atoms. The van der Waals surface area contributed by atoms with Crippen LogP contribution in [0.1, 0.15) is 12.8 Å². The van der Waals surface area contributed by atoms with Gasteiger partial charge in [-0.1, -0.05) is 48.5 Å². The number of nitrogens with zero attached hydrogens (tertiary/aromatic N) is 3. The van der Waals surface area contributed by atoms with E-state index in [4.69, 9.17) is 4.98 Å². The maximum atomic E-state index is 13.2. The highest BCUT2D eigenvalue weighted by atomic mass is 79.9. The van der Waals surface area contributed by atoms with Crippen molar-refractivity contribution in [1.29, 1.82) is 0 Å². The first-order valence-corrected chi connectivity index (χ1v) is 8.85. The fourth-order valence-electron chi connectivity index (χ4n) is 3.62. The van der Waals surface area contributed by atoms with Crippen molar-refractivity contribution in [2.24, 2.45) is 0 Å². The zero-order valence-corrected chi connectivity index (χ0v) is 16.2. The molecule has 2 aromatic heterocycles. The number of benzene rings is 2. The normalized spacial score (nSPS) is 15.6. The number of para-hydroxylation sites is 1. The van der Waals surface area contributed by atoms with Crippen molar-refractivity contribution in [3.05, 3.63) is 82.4 Å². The average molecular weight is 422 g/mol. The fourth-order valence-corrected chi connectivity index (χ4v) is 3.62. The molecule has 0 saturated carbocycles. The summed E-state index contributed by atoms with van der Waals surface area (Å²) in [5, 5.41) is 4.06. The molecule has 0 spiro atoms. The van der Waals surface area contributed by atoms with Crippen LogP contribution in [0.15, 0.2) is 71.7 Å². The molecule has 4 aromatic rings. The largest absolute Gasteiger partial charge is 1.00 e. The standard InChI is InChI=1S/C21H18N4O.BrH/c26-21-19(17-12-7-13-22-17)20-23-18(15-8-3-1-4-9-15)14-24(20)25(21)16-10-5-2-6-11-16;/h1-6,8-11,14,22H,7,12-13H2;1H/p-1/b19-17-;. The van der Waals surface area contributed by atoms with Gasteiger partial charge in [0.25, 0.3) is 5.56 Å². The first kappa shape index (κ1) is 17.5. The monoisotopic (exact) mass is 421 g/mol. The number of nitrogens with one attached hydrogen (secondary N) is 1. The summed E-state index contributed by atoms with van der Waals surface area (Å²) >= 11 is 0. The molecule has 0 unspecified atom stereocenters. The molecule has 136 valence electrons. The Hall–Kier alpha value is -2.86. The molecule has 1 N–H and O–H groups in total. The van der Waals surface area contributed by atoms with Crippen molar-refractivity contribution < 1.29 is 17.0 Å². The maximum Gasteiger partial charge on any atom is 0.283 e. The second kappa shape index (κ2) is 7.04. The van der Waals surface area contributed by atoms with Gasteiger partial charge < -0.3 is 22.3 Å². The van der Waals surface area contributed by atoms with Gasteiger partial charge in [0.15, 0.2) is 5.65 Å². The molecule has 0 radical (unpaired) electrons. The number of hydrogen-bond acceptors (Lipinski definition) is 3. The van der Waals surface area contributed by atoms with Crippen LogP contribution >= 0.6 is 0 Å². The van der Waals surface area contributed by atoms with E-state index >= 15 is 0 Å². The minimum atomic E-state index is -0.0253. The van der Waals surface area contributed by atoms with E-state index in [2.05, 4.69) is 5.32 Å². The summed E-state index contributed by atoms with van der Waals surface area (Å²) in [5.74, 6) is 0. The van der Waals surface area contributed by atoms with Crippen molar-refractivity contribution in [3.63, 3.8) is 0 Å². The van der Waals surface area contributed by atoms with Crippen molar-refractivity contribution in [2.45, 2.75) is 12.8 Å². The number of halogens is 1. The molecule has 27 heavy (non-hydrogen) atoms. The van der Waals surface area contributed by atoms with Crippen molar-refractivity contribution in [2.75, 3.05) is 6.54 Å². The third-order valence-electron chi connectivity index (χ3n) is 4.85. The lowest BCUT2D eigenvalue weighted by molar-refractivity contribution is -0.00000532. The van der Waals surface area contributed by atoms with Gasteiger partial charge in [0.1, 0.15) is 5.22 Å². The number of hydrogen-bond donors (Lipinski definition) is 1. The summed E-state index contributed by atoms with van der Waals surface area (Å²) in [7, 11) is 0. The second-order valence-electron chi connectivity index (χ2n) is 6.50. The minimum absolute atomic E-state index is 0. The first-order chi connectivity index (χ1) is 12.8. The predicted molar refractivity (Wildman–Crippen MR) is 102 cm³/mol. The highest BCUT2D eigenvalue weighted by Crippen LogP contribution is 2.19. The number of fused-ring (bicyclic) bond motifs is 1. The van der Waals surface area contributed by atoms with Gasteiger partial charge in [-0.15, -0.1) is 0 Å². The fraction of sp³-hybridized carbons (Fsp3) is 0.143. The van der Waals surface area contributed by atoms with Gasteiger partial charge in [-0.25, -0.2) is 14.2 Å². The Kier molecular flexibility index (Phi) is 4.58. The zero-order valence-electron chi connectivity index (χ0n) is 14.6. The van der Waals surface area contributed by atoms with E-state index in [1.165, 1.54) is 0 Å². The van der Waals surface area contributed by atoms with Gasteiger partial charge in [0.05, 0.1) is 17.6 Å². The lowest BCUT2D eigenvalue weighted by Gasteiger charge is -2.03. The summed E-state index contributed by atoms with van der Waals surface area (Å²) < 4.78 is 3.58. The average Bonchev–Trinajstić information content (AvgIpc) is 3.39. The van der Waals surface area contributed by atoms with Crippen LogP contribution in [0.2, 0.25) is 0 Å². The van der Waals surface area contributed by atoms with Crippen LogP contribution in [-0.2, 0) is 0 Å². The molecule has 1 fully saturated rings. The summed E-state index contributed by atoms with van der Waals surface area (Å²) in [4.78, 5) is 18.0. The molecule has 0 amide bonds. The lowest BCUT2D eigenvalue weighted by atomic mass is 10.2. The van der Waals surface area contributed by atoms with Crippen LogP contribution in [0, 0.1) is 0 Å². The molecule has 1 saturated heterocycles. The van der Waals surface area contributed by atoms with Crippen molar-refractivity contribution in [3.8, 4) is 16.9 Å². The molecule has 1 aliphatic heterocycles. The molecule has 3 heterocycles. The van der Waals surface area contributed by atoms with Gasteiger partial charge in [0.2, 0.25) is 0 Å². The molecule has 5 rings (SSSR count). The number of aromatic nitrogens is 3. The Morgan fingerprint density at radius 1 is 0.963 bits per heavy atom. The van der Waals surface area contributed by atoms with Gasteiger partial charge in [0, 0.05) is 17.8 Å². The van der Waals surface area contributed by atoms with Crippen LogP contribution in [-0.4, -0.2) is 20.7 Å². The number of rotatable bonds is 2. The maximum absolute atomic E-state index is 13.2. The Labute approximate surface area is 166 Å². The van der Waals surface area contributed by atoms with Gasteiger partial charge in [-0.2, -0.15) is 0 Å². The number of imidazole rings is 1. The highest BCUT2D eigenvalue weighted by Gasteiger charge is 2.19. The van der Waals surface area contributed by atoms with E-state index in [1.807, 2.05) is 71.4 Å². The SMILES string of the molecule is O=c1/c(=C2/CCCN2)c2nc(-c3ccccc3)cn2n1-c1ccccc1.[Br-]. The first-order valence-electron chi connectivity index (χ1n) is 8.85. The van der Waals surface area contributed by atoms with E-state index in [0.717, 1.165) is 42.0 Å². The molecule has 1 aliphatic rings. The Bertz CT molecular complexity index is 1190. The van der Waals surface area contributed by atoms with Crippen molar-refractivity contribution in [1.82, 2.24) is 19.5 Å². The van der Waals surface area contributed by atoms with Crippen LogP contribution in [0.4, 0.5) is 0 Å². The van der Waals surface area contributed by atoms with Crippen LogP contribution in [0.3, 0.4) is 0 Å². The van der Waals surface area contributed by atoms with Crippen molar-refractivity contribution >= 4 is 11.3 Å². The Morgan fingerprint density at radius 2 is 1.67 bits per heavy atom. The van der Waals surface area contributed by atoms with Crippen LogP contribution in [0.25, 0.3) is 28.3 Å². The quantitative estimate of drug-likeness (QED) is 0.468. The van der Waals surface area contributed by atoms with Crippen LogP contribution in [0.5, 0.6) is 0 Å².